The van der Waals surface area contributed by atoms with Crippen LogP contribution in [-0.2, 0) is 0 Å². The number of nitrogens with one attached hydrogen (secondary N) is 2. The van der Waals surface area contributed by atoms with E-state index >= 15 is 0 Å². The van der Waals surface area contributed by atoms with E-state index in [4.69, 9.17) is 33.1 Å². The highest BCUT2D eigenvalue weighted by Crippen LogP contribution is 2.41. The molecule has 1 unspecified atom stereocenters. The van der Waals surface area contributed by atoms with Crippen molar-refractivity contribution in [1.29, 1.82) is 10.5 Å². The average Bonchev–Trinajstić information content (AvgIpc) is 2.76. The molecule has 0 bridgehead atoms. The second kappa shape index (κ2) is 8.11. The number of aromatic nitrogens is 1. The molecular formula is C21H15ClN8O. The van der Waals surface area contributed by atoms with Gasteiger partial charge in [0, 0.05) is 5.56 Å². The van der Waals surface area contributed by atoms with E-state index in [0.29, 0.717) is 27.9 Å². The first-order chi connectivity index (χ1) is 15.0. The normalized spacial score (nSPS) is 14.3. The molecule has 9 nitrogen and oxygen atoms in total. The SMILES string of the molecule is N#CNC1=NC(c2ccc(Oc3ccccc3Cl)cc2)c2c(nc(N)c(C#N)c2N)N1. The number of anilines is 3. The van der Waals surface area contributed by atoms with Crippen LogP contribution in [-0.4, -0.2) is 10.9 Å². The van der Waals surface area contributed by atoms with E-state index in [2.05, 4.69) is 20.6 Å². The topological polar surface area (TPSA) is 158 Å². The van der Waals surface area contributed by atoms with Crippen LogP contribution in [0.4, 0.5) is 17.3 Å². The van der Waals surface area contributed by atoms with Gasteiger partial charge in [-0.1, -0.05) is 35.9 Å². The van der Waals surface area contributed by atoms with Gasteiger partial charge >= 0.3 is 0 Å². The van der Waals surface area contributed by atoms with Crippen LogP contribution in [0, 0.1) is 22.8 Å². The summed E-state index contributed by atoms with van der Waals surface area (Å²) < 4.78 is 5.82. The van der Waals surface area contributed by atoms with Crippen molar-refractivity contribution in [3.63, 3.8) is 0 Å². The number of ether oxygens (including phenoxy) is 1. The number of hydrogen-bond acceptors (Lipinski definition) is 9. The molecule has 6 N–H and O–H groups in total. The number of pyridine rings is 1. The smallest absolute Gasteiger partial charge is 0.211 e. The van der Waals surface area contributed by atoms with Gasteiger partial charge in [-0.05, 0) is 29.8 Å². The number of hydrogen-bond donors (Lipinski definition) is 4. The standard InChI is InChI=1S/C21H15ClN8O/c22-14-3-1-2-4-15(14)31-12-7-5-11(6-8-12)18-16-17(25)13(9-23)19(26)29-20(16)30-21(28-18)27-10-24/h1-8,18H,(H6,25,26,27,28,29,30). The second-order valence-corrected chi connectivity index (χ2v) is 6.91. The minimum absolute atomic E-state index is 0.00769. The molecule has 1 aliphatic heterocycles. The molecule has 2 aromatic carbocycles. The Hall–Kier alpha value is -4.47. The predicted molar refractivity (Wildman–Crippen MR) is 117 cm³/mol. The molecule has 0 fully saturated rings. The third-order valence-electron chi connectivity index (χ3n) is 4.62. The van der Waals surface area contributed by atoms with Crippen molar-refractivity contribution in [3.05, 3.63) is 70.2 Å². The summed E-state index contributed by atoms with van der Waals surface area (Å²) in [5.41, 5.74) is 13.6. The Balaban J connectivity index is 1.74. The fourth-order valence-corrected chi connectivity index (χ4v) is 3.37. The fraction of sp³-hybridized carbons (Fsp3) is 0.0476. The van der Waals surface area contributed by atoms with E-state index in [1.807, 2.05) is 24.4 Å². The lowest BCUT2D eigenvalue weighted by atomic mass is 9.95. The molecule has 152 valence electrons. The highest BCUT2D eigenvalue weighted by molar-refractivity contribution is 6.32. The van der Waals surface area contributed by atoms with Gasteiger partial charge in [-0.25, -0.2) is 9.98 Å². The van der Waals surface area contributed by atoms with Gasteiger partial charge in [-0.15, -0.1) is 0 Å². The highest BCUT2D eigenvalue weighted by atomic mass is 35.5. The Morgan fingerprint density at radius 2 is 1.84 bits per heavy atom. The Morgan fingerprint density at radius 1 is 1.10 bits per heavy atom. The number of nitriles is 2. The second-order valence-electron chi connectivity index (χ2n) is 6.50. The molecular weight excluding hydrogens is 416 g/mol. The van der Waals surface area contributed by atoms with E-state index in [0.717, 1.165) is 5.56 Å². The van der Waals surface area contributed by atoms with Gasteiger partial charge in [0.2, 0.25) is 5.96 Å². The van der Waals surface area contributed by atoms with E-state index in [1.54, 1.807) is 36.4 Å². The van der Waals surface area contributed by atoms with E-state index in [9.17, 15) is 5.26 Å². The lowest BCUT2D eigenvalue weighted by Crippen LogP contribution is -2.32. The maximum atomic E-state index is 9.40. The summed E-state index contributed by atoms with van der Waals surface area (Å²) in [5, 5.41) is 24.2. The third-order valence-corrected chi connectivity index (χ3v) is 4.93. The van der Waals surface area contributed by atoms with Gasteiger partial charge in [-0.3, -0.25) is 5.32 Å². The minimum atomic E-state index is -0.623. The third kappa shape index (κ3) is 3.73. The summed E-state index contributed by atoms with van der Waals surface area (Å²) in [4.78, 5) is 8.75. The first-order valence-corrected chi connectivity index (χ1v) is 9.40. The minimum Gasteiger partial charge on any atom is -0.456 e. The zero-order valence-electron chi connectivity index (χ0n) is 15.9. The van der Waals surface area contributed by atoms with Gasteiger partial charge in [0.15, 0.2) is 6.19 Å². The summed E-state index contributed by atoms with van der Waals surface area (Å²) >= 11 is 6.15. The average molecular weight is 431 g/mol. The van der Waals surface area contributed by atoms with Crippen LogP contribution in [0.2, 0.25) is 5.02 Å². The molecule has 0 saturated heterocycles. The maximum Gasteiger partial charge on any atom is 0.211 e. The lowest BCUT2D eigenvalue weighted by molar-refractivity contribution is 0.482. The molecule has 10 heteroatoms. The number of guanidine groups is 1. The van der Waals surface area contributed by atoms with Gasteiger partial charge in [-0.2, -0.15) is 10.5 Å². The number of benzene rings is 2. The number of fused-ring (bicyclic) bond motifs is 1. The van der Waals surface area contributed by atoms with E-state index < -0.39 is 6.04 Å². The maximum absolute atomic E-state index is 9.40. The zero-order valence-corrected chi connectivity index (χ0v) is 16.7. The van der Waals surface area contributed by atoms with Crippen LogP contribution in [0.15, 0.2) is 53.5 Å². The van der Waals surface area contributed by atoms with Crippen molar-refractivity contribution in [1.82, 2.24) is 10.3 Å². The number of nitrogen functional groups attached to an aromatic ring is 2. The number of para-hydroxylation sites is 1. The quantitative estimate of drug-likeness (QED) is 0.363. The molecule has 1 aliphatic rings. The number of nitrogens with zero attached hydrogens (tertiary/aromatic N) is 4. The number of nitrogens with two attached hydrogens (primary N) is 2. The van der Waals surface area contributed by atoms with E-state index in [1.165, 1.54) is 0 Å². The summed E-state index contributed by atoms with van der Waals surface area (Å²) in [6.07, 6.45) is 1.82. The predicted octanol–water partition coefficient (Wildman–Crippen LogP) is 3.50. The van der Waals surface area contributed by atoms with Crippen molar-refractivity contribution >= 4 is 34.9 Å². The van der Waals surface area contributed by atoms with Crippen molar-refractivity contribution in [2.24, 2.45) is 4.99 Å². The van der Waals surface area contributed by atoms with Crippen LogP contribution < -0.4 is 26.8 Å². The van der Waals surface area contributed by atoms with Gasteiger partial charge in [0.1, 0.15) is 40.8 Å². The molecule has 1 aromatic heterocycles. The van der Waals surface area contributed by atoms with Crippen LogP contribution in [0.5, 0.6) is 11.5 Å². The van der Waals surface area contributed by atoms with Gasteiger partial charge in [0.25, 0.3) is 0 Å². The molecule has 2 heterocycles. The van der Waals surface area contributed by atoms with Crippen LogP contribution in [0.3, 0.4) is 0 Å². The zero-order chi connectivity index (χ0) is 22.0. The number of aliphatic imine (C=N–C) groups is 1. The molecule has 0 spiro atoms. The summed E-state index contributed by atoms with van der Waals surface area (Å²) in [7, 11) is 0. The molecule has 31 heavy (non-hydrogen) atoms. The highest BCUT2D eigenvalue weighted by Gasteiger charge is 2.29. The first kappa shape index (κ1) is 19.8. The number of halogens is 1. The van der Waals surface area contributed by atoms with Crippen LogP contribution in [0.25, 0.3) is 0 Å². The summed E-state index contributed by atoms with van der Waals surface area (Å²) in [6, 6.07) is 15.6. The van der Waals surface area contributed by atoms with Crippen LogP contribution in [0.1, 0.15) is 22.7 Å². The molecule has 0 aliphatic carbocycles. The summed E-state index contributed by atoms with van der Waals surface area (Å²) in [5.74, 6) is 1.61. The van der Waals surface area contributed by atoms with Crippen molar-refractivity contribution in [3.8, 4) is 23.8 Å². The molecule has 3 aromatic rings. The van der Waals surface area contributed by atoms with Crippen LogP contribution >= 0.6 is 11.6 Å². The Bertz CT molecular complexity index is 1270. The van der Waals surface area contributed by atoms with Gasteiger partial charge in [0.05, 0.1) is 10.7 Å². The number of rotatable bonds is 3. The monoisotopic (exact) mass is 430 g/mol. The Morgan fingerprint density at radius 3 is 2.52 bits per heavy atom. The Kier molecular flexibility index (Phi) is 5.19. The van der Waals surface area contributed by atoms with Crippen molar-refractivity contribution in [2.45, 2.75) is 6.04 Å². The van der Waals surface area contributed by atoms with Crippen molar-refractivity contribution < 1.29 is 4.74 Å². The largest absolute Gasteiger partial charge is 0.456 e. The molecule has 0 saturated carbocycles. The van der Waals surface area contributed by atoms with E-state index in [-0.39, 0.29) is 23.0 Å². The van der Waals surface area contributed by atoms with Gasteiger partial charge < -0.3 is 21.5 Å². The summed E-state index contributed by atoms with van der Waals surface area (Å²) in [6.45, 7) is 0. The molecule has 0 radical (unpaired) electrons. The lowest BCUT2D eigenvalue weighted by Gasteiger charge is -2.26. The van der Waals surface area contributed by atoms with Crippen molar-refractivity contribution in [2.75, 3.05) is 16.8 Å². The molecule has 1 atom stereocenters. The first-order valence-electron chi connectivity index (χ1n) is 9.03. The Labute approximate surface area is 182 Å². The fourth-order valence-electron chi connectivity index (χ4n) is 3.19. The molecule has 4 rings (SSSR count). The molecule has 0 amide bonds.